The number of nitrogens with zero attached hydrogens (tertiary/aromatic N) is 1. The molecule has 0 aliphatic heterocycles. The van der Waals surface area contributed by atoms with E-state index >= 15 is 0 Å². The van der Waals surface area contributed by atoms with Crippen molar-refractivity contribution in [2.75, 3.05) is 13.2 Å². The molecule has 0 aliphatic rings. The highest BCUT2D eigenvalue weighted by Gasteiger charge is 1.70. The topological polar surface area (TPSA) is 41.5 Å². The molecule has 0 bridgehead atoms. The summed E-state index contributed by atoms with van der Waals surface area (Å²) in [7, 11) is 0. The summed E-state index contributed by atoms with van der Waals surface area (Å²) in [5.41, 5.74) is 0. The lowest BCUT2D eigenvalue weighted by Crippen LogP contribution is -2.11. The SMILES string of the molecule is CCNCN=C=O. The zero-order chi connectivity index (χ0) is 5.54. The molecular formula is C4H8N2O. The zero-order valence-corrected chi connectivity index (χ0v) is 4.27. The van der Waals surface area contributed by atoms with Crippen molar-refractivity contribution in [1.82, 2.24) is 5.32 Å². The highest BCUT2D eigenvalue weighted by Crippen LogP contribution is 1.55. The first-order chi connectivity index (χ1) is 3.41. The second-order valence-electron chi connectivity index (χ2n) is 1.01. The Morgan fingerprint density at radius 3 is 3.00 bits per heavy atom. The van der Waals surface area contributed by atoms with Gasteiger partial charge < -0.3 is 0 Å². The molecule has 0 aromatic rings. The van der Waals surface area contributed by atoms with Gasteiger partial charge in [0.25, 0.3) is 0 Å². The lowest BCUT2D eigenvalue weighted by molar-refractivity contribution is 0.561. The maximum Gasteiger partial charge on any atom is 0.236 e. The molecule has 0 heterocycles. The van der Waals surface area contributed by atoms with Gasteiger partial charge in [-0.2, -0.15) is 4.99 Å². The van der Waals surface area contributed by atoms with Gasteiger partial charge in [0.05, 0.1) is 0 Å². The first-order valence-electron chi connectivity index (χ1n) is 2.16. The predicted octanol–water partition coefficient (Wildman–Crippen LogP) is -0.111. The van der Waals surface area contributed by atoms with E-state index in [1.165, 1.54) is 6.08 Å². The summed E-state index contributed by atoms with van der Waals surface area (Å²) in [6.07, 6.45) is 1.42. The normalized spacial score (nSPS) is 7.57. The third kappa shape index (κ3) is 5.34. The number of hydrogen-bond donors (Lipinski definition) is 1. The maximum absolute atomic E-state index is 9.35. The molecule has 0 atom stereocenters. The van der Waals surface area contributed by atoms with E-state index in [4.69, 9.17) is 0 Å². The van der Waals surface area contributed by atoms with Crippen LogP contribution < -0.4 is 5.32 Å². The van der Waals surface area contributed by atoms with Crippen LogP contribution in [-0.2, 0) is 4.79 Å². The Morgan fingerprint density at radius 1 is 1.86 bits per heavy atom. The molecule has 1 N–H and O–H groups in total. The van der Waals surface area contributed by atoms with Gasteiger partial charge in [-0.15, -0.1) is 0 Å². The van der Waals surface area contributed by atoms with Crippen LogP contribution in [0.2, 0.25) is 0 Å². The van der Waals surface area contributed by atoms with Crippen molar-refractivity contribution in [3.63, 3.8) is 0 Å². The van der Waals surface area contributed by atoms with E-state index in [1.807, 2.05) is 6.92 Å². The van der Waals surface area contributed by atoms with Gasteiger partial charge in [0.15, 0.2) is 0 Å². The monoisotopic (exact) mass is 100 g/mol. The average molecular weight is 100 g/mol. The lowest BCUT2D eigenvalue weighted by atomic mass is 10.8. The molecule has 0 rings (SSSR count). The minimum absolute atomic E-state index is 0.389. The second kappa shape index (κ2) is 5.34. The molecular weight excluding hydrogens is 92.1 g/mol. The molecule has 3 nitrogen and oxygen atoms in total. The van der Waals surface area contributed by atoms with Gasteiger partial charge in [0.2, 0.25) is 6.08 Å². The van der Waals surface area contributed by atoms with Crippen molar-refractivity contribution in [3.8, 4) is 0 Å². The summed E-state index contributed by atoms with van der Waals surface area (Å²) in [4.78, 5) is 12.6. The first kappa shape index (κ1) is 6.34. The highest BCUT2D eigenvalue weighted by molar-refractivity contribution is 5.32. The highest BCUT2D eigenvalue weighted by atomic mass is 16.1. The molecule has 40 valence electrons. The molecule has 0 amide bonds. The van der Waals surface area contributed by atoms with E-state index < -0.39 is 0 Å². The Kier molecular flexibility index (Phi) is 4.84. The van der Waals surface area contributed by atoms with Crippen LogP contribution >= 0.6 is 0 Å². The lowest BCUT2D eigenvalue weighted by Gasteiger charge is -1.86. The molecule has 0 saturated carbocycles. The number of isocyanates is 1. The minimum Gasteiger partial charge on any atom is -0.298 e. The first-order valence-corrected chi connectivity index (χ1v) is 2.16. The second-order valence-corrected chi connectivity index (χ2v) is 1.01. The molecule has 0 aromatic heterocycles. The number of aliphatic imine (C=N–C) groups is 1. The summed E-state index contributed by atoms with van der Waals surface area (Å²) < 4.78 is 0. The average Bonchev–Trinajstić information content (AvgIpc) is 1.69. The molecule has 0 saturated heterocycles. The minimum atomic E-state index is 0.389. The summed E-state index contributed by atoms with van der Waals surface area (Å²) in [5, 5.41) is 2.82. The van der Waals surface area contributed by atoms with Crippen LogP contribution in [0.3, 0.4) is 0 Å². The number of hydrogen-bond acceptors (Lipinski definition) is 3. The Balaban J connectivity index is 2.83. The molecule has 0 radical (unpaired) electrons. The quantitative estimate of drug-likeness (QED) is 0.305. The third-order valence-electron chi connectivity index (χ3n) is 0.505. The van der Waals surface area contributed by atoms with Crippen LogP contribution in [0, 0.1) is 0 Å². The van der Waals surface area contributed by atoms with Crippen molar-refractivity contribution < 1.29 is 4.79 Å². The molecule has 0 fully saturated rings. The fourth-order valence-electron chi connectivity index (χ4n) is 0.200. The Labute approximate surface area is 42.4 Å². The van der Waals surface area contributed by atoms with Crippen molar-refractivity contribution >= 4 is 6.08 Å². The zero-order valence-electron chi connectivity index (χ0n) is 4.27. The summed E-state index contributed by atoms with van der Waals surface area (Å²) in [6, 6.07) is 0. The fraction of sp³-hybridized carbons (Fsp3) is 0.750. The van der Waals surface area contributed by atoms with Crippen molar-refractivity contribution in [2.24, 2.45) is 4.99 Å². The Morgan fingerprint density at radius 2 is 2.57 bits per heavy atom. The van der Waals surface area contributed by atoms with E-state index in [0.29, 0.717) is 6.67 Å². The fourth-order valence-corrected chi connectivity index (χ4v) is 0.200. The van der Waals surface area contributed by atoms with Gasteiger partial charge in [-0.05, 0) is 6.54 Å². The molecule has 3 heteroatoms. The largest absolute Gasteiger partial charge is 0.298 e. The third-order valence-corrected chi connectivity index (χ3v) is 0.505. The van der Waals surface area contributed by atoms with Crippen molar-refractivity contribution in [3.05, 3.63) is 0 Å². The van der Waals surface area contributed by atoms with Gasteiger partial charge in [0, 0.05) is 0 Å². The van der Waals surface area contributed by atoms with Crippen molar-refractivity contribution in [2.45, 2.75) is 6.92 Å². The van der Waals surface area contributed by atoms with Gasteiger partial charge in [-0.25, -0.2) is 4.79 Å². The van der Waals surface area contributed by atoms with Gasteiger partial charge in [-0.3, -0.25) is 5.32 Å². The molecule has 7 heavy (non-hydrogen) atoms. The molecule has 0 spiro atoms. The van der Waals surface area contributed by atoms with Gasteiger partial charge in [0.1, 0.15) is 6.67 Å². The van der Waals surface area contributed by atoms with Gasteiger partial charge in [-0.1, -0.05) is 6.92 Å². The molecule has 0 unspecified atom stereocenters. The number of nitrogens with one attached hydrogen (secondary N) is 1. The predicted molar refractivity (Wildman–Crippen MR) is 26.7 cm³/mol. The molecule has 0 aliphatic carbocycles. The van der Waals surface area contributed by atoms with E-state index in [-0.39, 0.29) is 0 Å². The van der Waals surface area contributed by atoms with E-state index in [0.717, 1.165) is 6.54 Å². The van der Waals surface area contributed by atoms with Crippen LogP contribution in [0.1, 0.15) is 6.92 Å². The summed E-state index contributed by atoms with van der Waals surface area (Å²) in [6.45, 7) is 3.17. The van der Waals surface area contributed by atoms with Crippen LogP contribution in [0.5, 0.6) is 0 Å². The van der Waals surface area contributed by atoms with E-state index in [2.05, 4.69) is 10.3 Å². The number of carbonyl (C=O) groups excluding carboxylic acids is 1. The molecule has 0 aromatic carbocycles. The van der Waals surface area contributed by atoms with E-state index in [9.17, 15) is 4.79 Å². The van der Waals surface area contributed by atoms with Crippen molar-refractivity contribution in [1.29, 1.82) is 0 Å². The van der Waals surface area contributed by atoms with E-state index in [1.54, 1.807) is 0 Å². The van der Waals surface area contributed by atoms with Crippen LogP contribution in [-0.4, -0.2) is 19.3 Å². The van der Waals surface area contributed by atoms with Crippen LogP contribution in [0.15, 0.2) is 4.99 Å². The smallest absolute Gasteiger partial charge is 0.236 e. The maximum atomic E-state index is 9.35. The number of rotatable bonds is 3. The standard InChI is InChI=1S/C4H8N2O/c1-2-5-3-6-4-7/h5H,2-3H2,1H3. The Hall–Kier alpha value is -0.660. The summed E-state index contributed by atoms with van der Waals surface area (Å²) in [5.74, 6) is 0. The van der Waals surface area contributed by atoms with Gasteiger partial charge >= 0.3 is 0 Å². The van der Waals surface area contributed by atoms with Crippen LogP contribution in [0.4, 0.5) is 0 Å². The Bertz CT molecular complexity index is 75.8. The van der Waals surface area contributed by atoms with Crippen LogP contribution in [0.25, 0.3) is 0 Å². The summed E-state index contributed by atoms with van der Waals surface area (Å²) >= 11 is 0.